The van der Waals surface area contributed by atoms with Gasteiger partial charge in [0.05, 0.1) is 12.2 Å². The van der Waals surface area contributed by atoms with Crippen LogP contribution in [0.2, 0.25) is 0 Å². The van der Waals surface area contributed by atoms with Crippen molar-refractivity contribution in [2.45, 2.75) is 33.1 Å². The Morgan fingerprint density at radius 2 is 1.73 bits per heavy atom. The van der Waals surface area contributed by atoms with E-state index in [2.05, 4.69) is 5.32 Å². The Balaban J connectivity index is 1.84. The largest absolute Gasteiger partial charge is 0.483 e. The predicted molar refractivity (Wildman–Crippen MR) is 102 cm³/mol. The zero-order chi connectivity index (χ0) is 18.8. The van der Waals surface area contributed by atoms with Crippen LogP contribution >= 0.6 is 0 Å². The van der Waals surface area contributed by atoms with Gasteiger partial charge in [0.25, 0.3) is 5.91 Å². The molecule has 2 aromatic carbocycles. The molecule has 0 fully saturated rings. The van der Waals surface area contributed by atoms with Gasteiger partial charge in [-0.15, -0.1) is 0 Å². The number of unbranched alkanes of at least 4 members (excludes halogenated alkanes) is 1. The molecule has 26 heavy (non-hydrogen) atoms. The minimum absolute atomic E-state index is 0.0716. The lowest BCUT2D eigenvalue weighted by atomic mass is 10.1. The summed E-state index contributed by atoms with van der Waals surface area (Å²) in [5, 5.41) is 2.75. The van der Waals surface area contributed by atoms with Gasteiger partial charge in [-0.3, -0.25) is 4.79 Å². The van der Waals surface area contributed by atoms with Gasteiger partial charge >= 0.3 is 5.97 Å². The van der Waals surface area contributed by atoms with Gasteiger partial charge in [-0.1, -0.05) is 38.5 Å². The number of aryl methyl sites for hydroxylation is 1. The van der Waals surface area contributed by atoms with Gasteiger partial charge < -0.3 is 14.8 Å². The van der Waals surface area contributed by atoms with Gasteiger partial charge in [-0.25, -0.2) is 4.79 Å². The minimum Gasteiger partial charge on any atom is -0.483 e. The summed E-state index contributed by atoms with van der Waals surface area (Å²) in [6.07, 6.45) is 2.66. The molecular formula is C21H25NO4. The van der Waals surface area contributed by atoms with Crippen molar-refractivity contribution in [2.24, 2.45) is 0 Å². The van der Waals surface area contributed by atoms with Crippen LogP contribution in [0.1, 0.15) is 42.6 Å². The number of hydrogen-bond donors (Lipinski definition) is 1. The molecule has 2 rings (SSSR count). The van der Waals surface area contributed by atoms with Crippen molar-refractivity contribution in [3.63, 3.8) is 0 Å². The van der Waals surface area contributed by atoms with Crippen LogP contribution in [-0.2, 0) is 16.0 Å². The Bertz CT molecular complexity index is 725. The van der Waals surface area contributed by atoms with Crippen molar-refractivity contribution >= 4 is 17.6 Å². The van der Waals surface area contributed by atoms with Gasteiger partial charge in [0.15, 0.2) is 6.61 Å². The molecule has 0 aliphatic heterocycles. The zero-order valence-electron chi connectivity index (χ0n) is 15.3. The van der Waals surface area contributed by atoms with E-state index in [-0.39, 0.29) is 18.5 Å². The number of anilines is 1. The molecule has 0 saturated carbocycles. The lowest BCUT2D eigenvalue weighted by Gasteiger charge is -2.11. The molecule has 138 valence electrons. The number of amides is 1. The van der Waals surface area contributed by atoms with Crippen LogP contribution in [0.15, 0.2) is 48.5 Å². The van der Waals surface area contributed by atoms with Crippen LogP contribution in [0, 0.1) is 0 Å². The van der Waals surface area contributed by atoms with Crippen molar-refractivity contribution in [1.82, 2.24) is 0 Å². The summed E-state index contributed by atoms with van der Waals surface area (Å²) in [6.45, 7) is 4.43. The average molecular weight is 355 g/mol. The fraction of sp³-hybridized carbons (Fsp3) is 0.333. The highest BCUT2D eigenvalue weighted by Crippen LogP contribution is 2.18. The topological polar surface area (TPSA) is 64.6 Å². The normalized spacial score (nSPS) is 10.2. The van der Waals surface area contributed by atoms with E-state index >= 15 is 0 Å². The second-order valence-electron chi connectivity index (χ2n) is 5.86. The molecule has 0 atom stereocenters. The Kier molecular flexibility index (Phi) is 7.68. The smallest absolute Gasteiger partial charge is 0.338 e. The third-order valence-corrected chi connectivity index (χ3v) is 3.85. The first-order valence-electron chi connectivity index (χ1n) is 8.91. The fourth-order valence-electron chi connectivity index (χ4n) is 2.36. The highest BCUT2D eigenvalue weighted by atomic mass is 16.5. The number of carbonyl (C=O) groups is 2. The Morgan fingerprint density at radius 3 is 2.42 bits per heavy atom. The van der Waals surface area contributed by atoms with E-state index in [1.165, 1.54) is 0 Å². The maximum absolute atomic E-state index is 12.1. The standard InChI is InChI=1S/C21H25NO4/c1-3-5-14-25-21(24)17-10-12-18(13-11-17)22-20(23)15-26-19-9-7-6-8-16(19)4-2/h6-13H,3-5,14-15H2,1-2H3,(H,22,23). The summed E-state index contributed by atoms with van der Waals surface area (Å²) < 4.78 is 10.7. The first kappa shape index (κ1) is 19.5. The number of para-hydroxylation sites is 1. The molecule has 0 heterocycles. The third kappa shape index (κ3) is 5.92. The van der Waals surface area contributed by atoms with Gasteiger partial charge in [0, 0.05) is 5.69 Å². The number of nitrogens with one attached hydrogen (secondary N) is 1. The molecule has 5 heteroatoms. The molecule has 5 nitrogen and oxygen atoms in total. The van der Waals surface area contributed by atoms with Gasteiger partial charge in [0.1, 0.15) is 5.75 Å². The van der Waals surface area contributed by atoms with E-state index in [1.807, 2.05) is 38.1 Å². The van der Waals surface area contributed by atoms with E-state index in [0.717, 1.165) is 30.6 Å². The summed E-state index contributed by atoms with van der Waals surface area (Å²) in [4.78, 5) is 23.9. The van der Waals surface area contributed by atoms with Crippen molar-refractivity contribution in [1.29, 1.82) is 0 Å². The van der Waals surface area contributed by atoms with Crippen molar-refractivity contribution in [2.75, 3.05) is 18.5 Å². The molecular weight excluding hydrogens is 330 g/mol. The molecule has 0 aromatic heterocycles. The monoisotopic (exact) mass is 355 g/mol. The maximum Gasteiger partial charge on any atom is 0.338 e. The van der Waals surface area contributed by atoms with Crippen molar-refractivity contribution in [3.05, 3.63) is 59.7 Å². The molecule has 2 aromatic rings. The fourth-order valence-corrected chi connectivity index (χ4v) is 2.36. The van der Waals surface area contributed by atoms with E-state index in [9.17, 15) is 9.59 Å². The lowest BCUT2D eigenvalue weighted by Crippen LogP contribution is -2.20. The van der Waals surface area contributed by atoms with Crippen LogP contribution in [0.4, 0.5) is 5.69 Å². The third-order valence-electron chi connectivity index (χ3n) is 3.85. The zero-order valence-corrected chi connectivity index (χ0v) is 15.3. The molecule has 0 radical (unpaired) electrons. The second kappa shape index (κ2) is 10.2. The van der Waals surface area contributed by atoms with Crippen LogP contribution in [0.25, 0.3) is 0 Å². The van der Waals surface area contributed by atoms with Gasteiger partial charge in [-0.05, 0) is 48.7 Å². The summed E-state index contributed by atoms with van der Waals surface area (Å²) in [6, 6.07) is 14.3. The first-order chi connectivity index (χ1) is 12.6. The lowest BCUT2D eigenvalue weighted by molar-refractivity contribution is -0.118. The molecule has 0 spiro atoms. The predicted octanol–water partition coefficient (Wildman–Crippen LogP) is 4.22. The second-order valence-corrected chi connectivity index (χ2v) is 5.86. The Morgan fingerprint density at radius 1 is 1.00 bits per heavy atom. The van der Waals surface area contributed by atoms with Crippen molar-refractivity contribution < 1.29 is 19.1 Å². The minimum atomic E-state index is -0.351. The summed E-state index contributed by atoms with van der Waals surface area (Å²) in [5.41, 5.74) is 2.13. The van der Waals surface area contributed by atoms with Crippen molar-refractivity contribution in [3.8, 4) is 5.75 Å². The summed E-state index contributed by atoms with van der Waals surface area (Å²) in [5.74, 6) is 0.111. The number of esters is 1. The highest BCUT2D eigenvalue weighted by molar-refractivity contribution is 5.93. The Labute approximate surface area is 154 Å². The number of ether oxygens (including phenoxy) is 2. The number of benzene rings is 2. The first-order valence-corrected chi connectivity index (χ1v) is 8.91. The number of rotatable bonds is 9. The molecule has 0 bridgehead atoms. The molecule has 0 aliphatic rings. The van der Waals surface area contributed by atoms with E-state index < -0.39 is 0 Å². The van der Waals surface area contributed by atoms with E-state index in [4.69, 9.17) is 9.47 Å². The van der Waals surface area contributed by atoms with Crippen LogP contribution in [0.3, 0.4) is 0 Å². The number of carbonyl (C=O) groups excluding carboxylic acids is 2. The number of hydrogen-bond acceptors (Lipinski definition) is 4. The average Bonchev–Trinajstić information content (AvgIpc) is 2.67. The Hall–Kier alpha value is -2.82. The van der Waals surface area contributed by atoms with Gasteiger partial charge in [-0.2, -0.15) is 0 Å². The SMILES string of the molecule is CCCCOC(=O)c1ccc(NC(=O)COc2ccccc2CC)cc1. The van der Waals surface area contributed by atoms with E-state index in [1.54, 1.807) is 24.3 Å². The summed E-state index contributed by atoms with van der Waals surface area (Å²) >= 11 is 0. The molecule has 1 amide bonds. The molecule has 0 aliphatic carbocycles. The molecule has 0 unspecified atom stereocenters. The van der Waals surface area contributed by atoms with Crippen LogP contribution < -0.4 is 10.1 Å². The highest BCUT2D eigenvalue weighted by Gasteiger charge is 2.09. The van der Waals surface area contributed by atoms with E-state index in [0.29, 0.717) is 17.9 Å². The van der Waals surface area contributed by atoms with Crippen LogP contribution in [-0.4, -0.2) is 25.1 Å². The quantitative estimate of drug-likeness (QED) is 0.540. The van der Waals surface area contributed by atoms with Crippen LogP contribution in [0.5, 0.6) is 5.75 Å². The molecule has 0 saturated heterocycles. The molecule has 1 N–H and O–H groups in total. The van der Waals surface area contributed by atoms with Gasteiger partial charge in [0.2, 0.25) is 0 Å². The maximum atomic E-state index is 12.1. The summed E-state index contributed by atoms with van der Waals surface area (Å²) in [7, 11) is 0.